The number of carboxylic acid groups (broad SMARTS) is 1. The molecule has 0 radical (unpaired) electrons. The highest BCUT2D eigenvalue weighted by Crippen LogP contribution is 2.27. The molecule has 0 spiro atoms. The Bertz CT molecular complexity index is 635. The predicted octanol–water partition coefficient (Wildman–Crippen LogP) is 3.01. The van der Waals surface area contributed by atoms with Crippen LogP contribution in [0.5, 0.6) is 0 Å². The fraction of sp³-hybridized carbons (Fsp3) is 0.294. The van der Waals surface area contributed by atoms with E-state index in [1.54, 1.807) is 24.3 Å². The van der Waals surface area contributed by atoms with Gasteiger partial charge in [0.05, 0.1) is 11.3 Å². The molecule has 0 saturated heterocycles. The van der Waals surface area contributed by atoms with Crippen molar-refractivity contribution in [2.45, 2.75) is 25.2 Å². The number of hydrogen-bond acceptors (Lipinski definition) is 3. The molecule has 0 aliphatic carbocycles. The Kier molecular flexibility index (Phi) is 4.98. The minimum absolute atomic E-state index is 0.0764. The lowest BCUT2D eigenvalue weighted by Gasteiger charge is -2.23. The minimum atomic E-state index is -0.944. The van der Waals surface area contributed by atoms with Gasteiger partial charge in [-0.1, -0.05) is 36.4 Å². The van der Waals surface area contributed by atoms with E-state index in [0.29, 0.717) is 5.56 Å². The molecule has 2 aromatic rings. The van der Waals surface area contributed by atoms with Crippen molar-refractivity contribution in [1.29, 1.82) is 0 Å². The van der Waals surface area contributed by atoms with Crippen LogP contribution in [0.4, 0.5) is 0 Å². The summed E-state index contributed by atoms with van der Waals surface area (Å²) in [4.78, 5) is 24.8. The molecule has 1 aromatic carbocycles. The zero-order valence-corrected chi connectivity index (χ0v) is 13.4. The Hall–Kier alpha value is -2.14. The normalized spacial score (nSPS) is 12.6. The molecule has 1 aromatic heterocycles. The second-order valence-corrected chi connectivity index (χ2v) is 6.56. The van der Waals surface area contributed by atoms with Crippen molar-refractivity contribution in [3.8, 4) is 0 Å². The highest BCUT2D eigenvalue weighted by Gasteiger charge is 2.31. The third-order valence-electron chi connectivity index (χ3n) is 3.67. The van der Waals surface area contributed by atoms with Gasteiger partial charge in [-0.25, -0.2) is 0 Å². The van der Waals surface area contributed by atoms with Crippen LogP contribution in [0.15, 0.2) is 47.8 Å². The van der Waals surface area contributed by atoms with Crippen LogP contribution >= 0.6 is 11.3 Å². The average molecular weight is 317 g/mol. The summed E-state index contributed by atoms with van der Waals surface area (Å²) in [5.41, 5.74) is 0.0118. The zero-order chi connectivity index (χ0) is 16.2. The third kappa shape index (κ3) is 3.54. The van der Waals surface area contributed by atoms with Crippen molar-refractivity contribution in [1.82, 2.24) is 5.32 Å². The molecule has 0 aliphatic rings. The van der Waals surface area contributed by atoms with Gasteiger partial charge in [0.2, 0.25) is 5.91 Å². The van der Waals surface area contributed by atoms with Crippen LogP contribution in [0.1, 0.15) is 30.2 Å². The summed E-state index contributed by atoms with van der Waals surface area (Å²) in [5.74, 6) is -1.86. The van der Waals surface area contributed by atoms with Gasteiger partial charge in [-0.05, 0) is 30.9 Å². The molecular formula is C17H19NO3S. The minimum Gasteiger partial charge on any atom is -0.481 e. The molecule has 2 rings (SSSR count). The lowest BCUT2D eigenvalue weighted by molar-refractivity contribution is -0.138. The number of carboxylic acids is 1. The molecule has 0 saturated carbocycles. The number of benzene rings is 1. The van der Waals surface area contributed by atoms with Crippen LogP contribution < -0.4 is 5.32 Å². The maximum Gasteiger partial charge on any atom is 0.312 e. The van der Waals surface area contributed by atoms with Gasteiger partial charge >= 0.3 is 5.97 Å². The van der Waals surface area contributed by atoms with E-state index in [0.717, 1.165) is 4.88 Å². The van der Waals surface area contributed by atoms with E-state index in [2.05, 4.69) is 5.32 Å². The Morgan fingerprint density at radius 2 is 1.86 bits per heavy atom. The average Bonchev–Trinajstić information content (AvgIpc) is 3.03. The number of nitrogens with one attached hydrogen (secondary N) is 1. The summed E-state index contributed by atoms with van der Waals surface area (Å²) in [6.07, 6.45) is 0. The van der Waals surface area contributed by atoms with Gasteiger partial charge in [0.1, 0.15) is 0 Å². The highest BCUT2D eigenvalue weighted by molar-refractivity contribution is 7.10. The zero-order valence-electron chi connectivity index (χ0n) is 12.6. The fourth-order valence-corrected chi connectivity index (χ4v) is 3.04. The van der Waals surface area contributed by atoms with E-state index >= 15 is 0 Å². The number of thiophene rings is 1. The van der Waals surface area contributed by atoms with Crippen molar-refractivity contribution in [3.05, 3.63) is 58.3 Å². The largest absolute Gasteiger partial charge is 0.481 e. The molecule has 1 heterocycles. The van der Waals surface area contributed by atoms with Gasteiger partial charge in [0, 0.05) is 11.4 Å². The molecule has 116 valence electrons. The second kappa shape index (κ2) is 6.75. The summed E-state index contributed by atoms with van der Waals surface area (Å²) in [5, 5.41) is 14.1. The van der Waals surface area contributed by atoms with E-state index in [1.165, 1.54) is 11.3 Å². The first kappa shape index (κ1) is 16.2. The standard InChI is InChI=1S/C17H19NO3S/c1-17(2,14-9-6-10-22-14)16(21)18-11-13(15(19)20)12-7-4-3-5-8-12/h3-10,13H,11H2,1-2H3,(H,18,21)(H,19,20). The first-order chi connectivity index (χ1) is 10.4. The molecule has 1 atom stereocenters. The number of carbonyl (C=O) groups is 2. The van der Waals surface area contributed by atoms with Crippen LogP contribution in [-0.4, -0.2) is 23.5 Å². The van der Waals surface area contributed by atoms with Crippen molar-refractivity contribution >= 4 is 23.2 Å². The number of aliphatic carboxylic acids is 1. The predicted molar refractivity (Wildman–Crippen MR) is 87.2 cm³/mol. The van der Waals surface area contributed by atoms with E-state index < -0.39 is 17.3 Å². The lowest BCUT2D eigenvalue weighted by Crippen LogP contribution is -2.42. The Morgan fingerprint density at radius 3 is 2.41 bits per heavy atom. The van der Waals surface area contributed by atoms with Gasteiger partial charge in [-0.3, -0.25) is 9.59 Å². The van der Waals surface area contributed by atoms with Gasteiger partial charge < -0.3 is 10.4 Å². The van der Waals surface area contributed by atoms with Gasteiger partial charge in [0.15, 0.2) is 0 Å². The Balaban J connectivity index is 2.07. The first-order valence-corrected chi connectivity index (χ1v) is 7.91. The number of amides is 1. The summed E-state index contributed by atoms with van der Waals surface area (Å²) in [6, 6.07) is 12.8. The van der Waals surface area contributed by atoms with E-state index in [4.69, 9.17) is 0 Å². The molecule has 1 amide bonds. The second-order valence-electron chi connectivity index (χ2n) is 5.61. The van der Waals surface area contributed by atoms with Crippen LogP contribution in [0.25, 0.3) is 0 Å². The molecular weight excluding hydrogens is 298 g/mol. The Morgan fingerprint density at radius 1 is 1.18 bits per heavy atom. The van der Waals surface area contributed by atoms with Crippen LogP contribution in [0.3, 0.4) is 0 Å². The van der Waals surface area contributed by atoms with Gasteiger partial charge in [-0.15, -0.1) is 11.3 Å². The van der Waals surface area contributed by atoms with Crippen LogP contribution in [-0.2, 0) is 15.0 Å². The quantitative estimate of drug-likeness (QED) is 0.860. The van der Waals surface area contributed by atoms with Crippen molar-refractivity contribution in [2.75, 3.05) is 6.54 Å². The molecule has 2 N–H and O–H groups in total. The monoisotopic (exact) mass is 317 g/mol. The van der Waals surface area contributed by atoms with E-state index in [-0.39, 0.29) is 12.5 Å². The highest BCUT2D eigenvalue weighted by atomic mass is 32.1. The van der Waals surface area contributed by atoms with Crippen molar-refractivity contribution in [2.24, 2.45) is 0 Å². The van der Waals surface area contributed by atoms with Crippen LogP contribution in [0, 0.1) is 0 Å². The fourth-order valence-electron chi connectivity index (χ4n) is 2.19. The number of carbonyl (C=O) groups excluding carboxylic acids is 1. The van der Waals surface area contributed by atoms with Crippen molar-refractivity contribution < 1.29 is 14.7 Å². The molecule has 22 heavy (non-hydrogen) atoms. The maximum atomic E-state index is 12.4. The molecule has 0 aliphatic heterocycles. The summed E-state index contributed by atoms with van der Waals surface area (Å²) in [6.45, 7) is 3.76. The molecule has 1 unspecified atom stereocenters. The maximum absolute atomic E-state index is 12.4. The molecule has 0 fully saturated rings. The molecule has 4 nitrogen and oxygen atoms in total. The summed E-state index contributed by atoms with van der Waals surface area (Å²) < 4.78 is 0. The molecule has 5 heteroatoms. The number of hydrogen-bond donors (Lipinski definition) is 2. The third-order valence-corrected chi connectivity index (χ3v) is 4.87. The van der Waals surface area contributed by atoms with E-state index in [9.17, 15) is 14.7 Å². The van der Waals surface area contributed by atoms with Crippen molar-refractivity contribution in [3.63, 3.8) is 0 Å². The topological polar surface area (TPSA) is 66.4 Å². The van der Waals surface area contributed by atoms with Crippen LogP contribution in [0.2, 0.25) is 0 Å². The lowest BCUT2D eigenvalue weighted by atomic mass is 9.90. The summed E-state index contributed by atoms with van der Waals surface area (Å²) in [7, 11) is 0. The molecule has 0 bridgehead atoms. The van der Waals surface area contributed by atoms with Gasteiger partial charge in [0.25, 0.3) is 0 Å². The number of rotatable bonds is 6. The van der Waals surface area contributed by atoms with E-state index in [1.807, 2.05) is 37.4 Å². The summed E-state index contributed by atoms with van der Waals surface area (Å²) >= 11 is 1.52. The Labute approximate surface area is 133 Å². The van der Waals surface area contributed by atoms with Gasteiger partial charge in [-0.2, -0.15) is 0 Å². The first-order valence-electron chi connectivity index (χ1n) is 7.03. The SMILES string of the molecule is CC(C)(C(=O)NCC(C(=O)O)c1ccccc1)c1cccs1. The smallest absolute Gasteiger partial charge is 0.312 e.